The molecule has 2 aromatic heterocycles. The molecule has 0 saturated carbocycles. The molecule has 0 bridgehead atoms. The Morgan fingerprint density at radius 2 is 1.86 bits per heavy atom. The second-order valence-corrected chi connectivity index (χ2v) is 8.29. The number of aromatic nitrogens is 4. The Balaban J connectivity index is 1.46. The molecule has 0 spiro atoms. The van der Waals surface area contributed by atoms with Crippen LogP contribution in [0.1, 0.15) is 15.4 Å². The van der Waals surface area contributed by atoms with Crippen molar-refractivity contribution in [2.75, 3.05) is 5.32 Å². The average Bonchev–Trinajstić information content (AvgIpc) is 3.29. The number of hydrogen-bond donors (Lipinski definition) is 1. The van der Waals surface area contributed by atoms with E-state index in [0.717, 1.165) is 15.6 Å². The highest BCUT2D eigenvalue weighted by molar-refractivity contribution is 7.99. The molecule has 0 aliphatic carbocycles. The molecular weight excluding hydrogens is 409 g/mol. The summed E-state index contributed by atoms with van der Waals surface area (Å²) < 4.78 is 15.0. The molecule has 0 atom stereocenters. The minimum atomic E-state index is -0.305. The third-order valence-electron chi connectivity index (χ3n) is 4.09. The van der Waals surface area contributed by atoms with Gasteiger partial charge in [0.15, 0.2) is 5.16 Å². The number of anilines is 1. The van der Waals surface area contributed by atoms with Gasteiger partial charge in [-0.1, -0.05) is 0 Å². The number of halogens is 1. The highest BCUT2D eigenvalue weighted by atomic mass is 32.2. The molecule has 2 heterocycles. The number of benzene rings is 2. The SMILES string of the molecule is Cc1nc(-c2ccc(F)cc2)sc1C(=O)Nc1ccc(Sc2nncn2C)cc1. The summed E-state index contributed by atoms with van der Waals surface area (Å²) in [5, 5.41) is 12.3. The smallest absolute Gasteiger partial charge is 0.267 e. The number of carbonyl (C=O) groups is 1. The fourth-order valence-corrected chi connectivity index (χ4v) is 4.32. The minimum Gasteiger partial charge on any atom is -0.321 e. The normalized spacial score (nSPS) is 10.9. The predicted octanol–water partition coefficient (Wildman–Crippen LogP) is 4.79. The van der Waals surface area contributed by atoms with Gasteiger partial charge in [0.05, 0.1) is 5.69 Å². The number of amides is 1. The maximum absolute atomic E-state index is 13.1. The zero-order valence-corrected chi connectivity index (χ0v) is 17.2. The summed E-state index contributed by atoms with van der Waals surface area (Å²) in [7, 11) is 1.88. The summed E-state index contributed by atoms with van der Waals surface area (Å²) in [5.74, 6) is -0.525. The van der Waals surface area contributed by atoms with Crippen LogP contribution in [-0.2, 0) is 7.05 Å². The first kappa shape index (κ1) is 19.3. The van der Waals surface area contributed by atoms with E-state index in [-0.39, 0.29) is 11.7 Å². The maximum atomic E-state index is 13.1. The maximum Gasteiger partial charge on any atom is 0.267 e. The largest absolute Gasteiger partial charge is 0.321 e. The third kappa shape index (κ3) is 4.36. The summed E-state index contributed by atoms with van der Waals surface area (Å²) in [6.45, 7) is 1.79. The number of nitrogens with one attached hydrogen (secondary N) is 1. The van der Waals surface area contributed by atoms with Crippen molar-refractivity contribution in [1.82, 2.24) is 19.7 Å². The van der Waals surface area contributed by atoms with Crippen LogP contribution in [0.2, 0.25) is 0 Å². The van der Waals surface area contributed by atoms with Crippen LogP contribution in [0.5, 0.6) is 0 Å². The first-order valence-electron chi connectivity index (χ1n) is 8.66. The average molecular weight is 426 g/mol. The van der Waals surface area contributed by atoms with Crippen molar-refractivity contribution in [2.45, 2.75) is 17.0 Å². The molecule has 29 heavy (non-hydrogen) atoms. The van der Waals surface area contributed by atoms with E-state index in [1.165, 1.54) is 35.2 Å². The van der Waals surface area contributed by atoms with E-state index in [4.69, 9.17) is 0 Å². The molecule has 146 valence electrons. The minimum absolute atomic E-state index is 0.220. The molecule has 0 aliphatic heterocycles. The number of thiazole rings is 1. The second-order valence-electron chi connectivity index (χ2n) is 6.25. The quantitative estimate of drug-likeness (QED) is 0.498. The van der Waals surface area contributed by atoms with E-state index in [1.54, 1.807) is 25.4 Å². The van der Waals surface area contributed by atoms with Gasteiger partial charge in [0, 0.05) is 23.2 Å². The van der Waals surface area contributed by atoms with Crippen LogP contribution in [0.4, 0.5) is 10.1 Å². The Bertz CT molecular complexity index is 1150. The zero-order valence-electron chi connectivity index (χ0n) is 15.6. The molecule has 1 N–H and O–H groups in total. The van der Waals surface area contributed by atoms with Crippen molar-refractivity contribution in [3.05, 3.63) is 71.2 Å². The lowest BCUT2D eigenvalue weighted by Crippen LogP contribution is -2.11. The Morgan fingerprint density at radius 1 is 1.14 bits per heavy atom. The van der Waals surface area contributed by atoms with Crippen LogP contribution >= 0.6 is 23.1 Å². The molecule has 9 heteroatoms. The van der Waals surface area contributed by atoms with Crippen LogP contribution in [0.15, 0.2) is 64.9 Å². The molecular formula is C20H16FN5OS2. The highest BCUT2D eigenvalue weighted by Gasteiger charge is 2.16. The van der Waals surface area contributed by atoms with Gasteiger partial charge in [-0.05, 0) is 67.2 Å². The number of nitrogens with zero attached hydrogens (tertiary/aromatic N) is 4. The van der Waals surface area contributed by atoms with Gasteiger partial charge in [0.1, 0.15) is 22.0 Å². The van der Waals surface area contributed by atoms with Crippen LogP contribution < -0.4 is 5.32 Å². The lowest BCUT2D eigenvalue weighted by molar-refractivity contribution is 0.103. The summed E-state index contributed by atoms with van der Waals surface area (Å²) in [5.41, 5.74) is 2.11. The van der Waals surface area contributed by atoms with Crippen molar-refractivity contribution in [3.63, 3.8) is 0 Å². The van der Waals surface area contributed by atoms with Crippen LogP contribution in [0, 0.1) is 12.7 Å². The van der Waals surface area contributed by atoms with Gasteiger partial charge in [-0.2, -0.15) is 0 Å². The van der Waals surface area contributed by atoms with Gasteiger partial charge in [-0.15, -0.1) is 21.5 Å². The zero-order chi connectivity index (χ0) is 20.4. The van der Waals surface area contributed by atoms with Gasteiger partial charge >= 0.3 is 0 Å². The van der Waals surface area contributed by atoms with E-state index >= 15 is 0 Å². The van der Waals surface area contributed by atoms with Crippen LogP contribution in [-0.4, -0.2) is 25.7 Å². The van der Waals surface area contributed by atoms with Crippen molar-refractivity contribution < 1.29 is 9.18 Å². The number of hydrogen-bond acceptors (Lipinski definition) is 6. The van der Waals surface area contributed by atoms with E-state index in [9.17, 15) is 9.18 Å². The fraction of sp³-hybridized carbons (Fsp3) is 0.100. The lowest BCUT2D eigenvalue weighted by atomic mass is 10.2. The van der Waals surface area contributed by atoms with Gasteiger partial charge in [0.2, 0.25) is 0 Å². The molecule has 0 unspecified atom stereocenters. The number of carbonyl (C=O) groups excluding carboxylic acids is 1. The Morgan fingerprint density at radius 3 is 2.52 bits per heavy atom. The monoisotopic (exact) mass is 425 g/mol. The molecule has 2 aromatic carbocycles. The summed E-state index contributed by atoms with van der Waals surface area (Å²) in [4.78, 5) is 18.7. The van der Waals surface area contributed by atoms with E-state index < -0.39 is 0 Å². The summed E-state index contributed by atoms with van der Waals surface area (Å²) in [6.07, 6.45) is 1.65. The molecule has 4 rings (SSSR count). The van der Waals surface area contributed by atoms with Gasteiger partial charge in [0.25, 0.3) is 5.91 Å². The van der Waals surface area contributed by atoms with E-state index in [1.807, 2.05) is 35.9 Å². The molecule has 0 aliphatic rings. The fourth-order valence-electron chi connectivity index (χ4n) is 2.59. The Hall–Kier alpha value is -3.04. The predicted molar refractivity (Wildman–Crippen MR) is 112 cm³/mol. The van der Waals surface area contributed by atoms with Crippen molar-refractivity contribution >= 4 is 34.7 Å². The Labute approximate surface area is 174 Å². The molecule has 0 fully saturated rings. The van der Waals surface area contributed by atoms with Gasteiger partial charge in [-0.25, -0.2) is 9.37 Å². The van der Waals surface area contributed by atoms with Crippen molar-refractivity contribution in [2.24, 2.45) is 7.05 Å². The molecule has 6 nitrogen and oxygen atoms in total. The number of aryl methyl sites for hydroxylation is 2. The molecule has 0 saturated heterocycles. The summed E-state index contributed by atoms with van der Waals surface area (Å²) >= 11 is 2.78. The van der Waals surface area contributed by atoms with Gasteiger partial charge < -0.3 is 9.88 Å². The van der Waals surface area contributed by atoms with Crippen molar-refractivity contribution in [1.29, 1.82) is 0 Å². The lowest BCUT2D eigenvalue weighted by Gasteiger charge is -2.05. The molecule has 4 aromatic rings. The Kier molecular flexibility index (Phi) is 5.41. The highest BCUT2D eigenvalue weighted by Crippen LogP contribution is 2.30. The van der Waals surface area contributed by atoms with E-state index in [2.05, 4.69) is 20.5 Å². The third-order valence-corrected chi connectivity index (χ3v) is 6.35. The molecule has 1 amide bonds. The van der Waals surface area contributed by atoms with Gasteiger partial charge in [-0.3, -0.25) is 4.79 Å². The van der Waals surface area contributed by atoms with Crippen molar-refractivity contribution in [3.8, 4) is 10.6 Å². The summed E-state index contributed by atoms with van der Waals surface area (Å²) in [6, 6.07) is 13.6. The first-order chi connectivity index (χ1) is 14.0. The molecule has 0 radical (unpaired) electrons. The van der Waals surface area contributed by atoms with Crippen LogP contribution in [0.3, 0.4) is 0 Å². The van der Waals surface area contributed by atoms with Crippen LogP contribution in [0.25, 0.3) is 10.6 Å². The topological polar surface area (TPSA) is 72.7 Å². The number of rotatable bonds is 5. The van der Waals surface area contributed by atoms with E-state index in [0.29, 0.717) is 21.3 Å². The standard InChI is InChI=1S/C20H16FN5OS2/c1-12-17(29-19(23-12)13-3-5-14(21)6-4-13)18(27)24-15-7-9-16(10-8-15)28-20-25-22-11-26(20)2/h3-11H,1-2H3,(H,24,27). The first-order valence-corrected chi connectivity index (χ1v) is 10.3. The second kappa shape index (κ2) is 8.14.